The van der Waals surface area contributed by atoms with Gasteiger partial charge in [0.2, 0.25) is 17.6 Å². The van der Waals surface area contributed by atoms with Crippen molar-refractivity contribution >= 4 is 11.6 Å². The van der Waals surface area contributed by atoms with Gasteiger partial charge in [-0.15, -0.1) is 0 Å². The molecule has 0 saturated carbocycles. The Balaban J connectivity index is 1.66. The molecule has 6 nitrogen and oxygen atoms in total. The van der Waals surface area contributed by atoms with Crippen LogP contribution in [0.3, 0.4) is 0 Å². The Morgan fingerprint density at radius 2 is 2.00 bits per heavy atom. The molecule has 0 bridgehead atoms. The van der Waals surface area contributed by atoms with E-state index < -0.39 is 0 Å². The van der Waals surface area contributed by atoms with Crippen LogP contribution in [-0.2, 0) is 11.3 Å². The number of benzene rings is 1. The van der Waals surface area contributed by atoms with Gasteiger partial charge in [-0.3, -0.25) is 4.79 Å². The first-order valence-corrected chi connectivity index (χ1v) is 8.04. The second kappa shape index (κ2) is 6.81. The van der Waals surface area contributed by atoms with Crippen molar-refractivity contribution in [3.63, 3.8) is 0 Å². The minimum atomic E-state index is -0.120. The molecule has 3 rings (SSSR count). The van der Waals surface area contributed by atoms with E-state index in [1.807, 2.05) is 12.1 Å². The largest absolute Gasteiger partial charge is 0.372 e. The standard InChI is InChI=1S/C17H22N4O2/c1-12-7-9-21(10-8-12)15-5-3-14(4-6-15)17-19-16(23-20-17)11-18-13(2)22/h3-6,12H,7-11H2,1-2H3,(H,18,22). The van der Waals surface area contributed by atoms with Gasteiger partial charge in [0.15, 0.2) is 0 Å². The number of rotatable bonds is 4. The van der Waals surface area contributed by atoms with Gasteiger partial charge in [-0.25, -0.2) is 0 Å². The second-order valence-electron chi connectivity index (χ2n) is 6.14. The second-order valence-corrected chi connectivity index (χ2v) is 6.14. The molecule has 1 fully saturated rings. The zero-order valence-corrected chi connectivity index (χ0v) is 13.6. The Morgan fingerprint density at radius 3 is 2.65 bits per heavy atom. The smallest absolute Gasteiger partial charge is 0.246 e. The van der Waals surface area contributed by atoms with Crippen LogP contribution >= 0.6 is 0 Å². The summed E-state index contributed by atoms with van der Waals surface area (Å²) < 4.78 is 5.14. The highest BCUT2D eigenvalue weighted by Crippen LogP contribution is 2.25. The number of aromatic nitrogens is 2. The number of nitrogens with zero attached hydrogens (tertiary/aromatic N) is 3. The Hall–Kier alpha value is -2.37. The van der Waals surface area contributed by atoms with Gasteiger partial charge in [0, 0.05) is 31.3 Å². The maximum atomic E-state index is 10.9. The lowest BCUT2D eigenvalue weighted by molar-refractivity contribution is -0.119. The molecule has 1 aromatic carbocycles. The fourth-order valence-electron chi connectivity index (χ4n) is 2.73. The number of nitrogens with one attached hydrogen (secondary N) is 1. The lowest BCUT2D eigenvalue weighted by Crippen LogP contribution is -2.32. The molecule has 1 amide bonds. The summed E-state index contributed by atoms with van der Waals surface area (Å²) in [6, 6.07) is 8.24. The number of anilines is 1. The quantitative estimate of drug-likeness (QED) is 0.939. The van der Waals surface area contributed by atoms with E-state index in [1.165, 1.54) is 25.5 Å². The summed E-state index contributed by atoms with van der Waals surface area (Å²) in [6.07, 6.45) is 2.50. The molecule has 1 aromatic heterocycles. The van der Waals surface area contributed by atoms with E-state index in [4.69, 9.17) is 4.52 Å². The van der Waals surface area contributed by atoms with Gasteiger partial charge >= 0.3 is 0 Å². The van der Waals surface area contributed by atoms with Crippen molar-refractivity contribution in [3.8, 4) is 11.4 Å². The van der Waals surface area contributed by atoms with Crippen LogP contribution in [0.5, 0.6) is 0 Å². The molecule has 1 aliphatic heterocycles. The van der Waals surface area contributed by atoms with E-state index in [1.54, 1.807) is 0 Å². The van der Waals surface area contributed by atoms with Gasteiger partial charge in [0.25, 0.3) is 0 Å². The summed E-state index contributed by atoms with van der Waals surface area (Å²) in [4.78, 5) is 17.6. The van der Waals surface area contributed by atoms with Crippen molar-refractivity contribution in [1.29, 1.82) is 0 Å². The maximum absolute atomic E-state index is 10.9. The molecule has 1 aliphatic rings. The Labute approximate surface area is 135 Å². The monoisotopic (exact) mass is 314 g/mol. The Kier molecular flexibility index (Phi) is 4.60. The van der Waals surface area contributed by atoms with Gasteiger partial charge < -0.3 is 14.7 Å². The minimum Gasteiger partial charge on any atom is -0.372 e. The van der Waals surface area contributed by atoms with Crippen LogP contribution in [0, 0.1) is 5.92 Å². The normalized spacial score (nSPS) is 15.7. The first-order valence-electron chi connectivity index (χ1n) is 8.04. The third kappa shape index (κ3) is 3.88. The van der Waals surface area contributed by atoms with Gasteiger partial charge in [0.05, 0.1) is 6.54 Å². The molecule has 23 heavy (non-hydrogen) atoms. The highest BCUT2D eigenvalue weighted by Gasteiger charge is 2.16. The molecule has 0 atom stereocenters. The van der Waals surface area contributed by atoms with Crippen LogP contribution < -0.4 is 10.2 Å². The lowest BCUT2D eigenvalue weighted by atomic mass is 9.98. The van der Waals surface area contributed by atoms with Gasteiger partial charge in [-0.1, -0.05) is 12.1 Å². The summed E-state index contributed by atoms with van der Waals surface area (Å²) in [6.45, 7) is 6.26. The molecule has 0 aliphatic carbocycles. The summed E-state index contributed by atoms with van der Waals surface area (Å²) in [5, 5.41) is 6.61. The highest BCUT2D eigenvalue weighted by molar-refractivity contribution is 5.72. The van der Waals surface area contributed by atoms with E-state index in [0.717, 1.165) is 24.6 Å². The van der Waals surface area contributed by atoms with E-state index in [-0.39, 0.29) is 12.5 Å². The molecule has 0 unspecified atom stereocenters. The van der Waals surface area contributed by atoms with Crippen LogP contribution in [0.4, 0.5) is 5.69 Å². The van der Waals surface area contributed by atoms with E-state index >= 15 is 0 Å². The number of carbonyl (C=O) groups excluding carboxylic acids is 1. The molecule has 6 heteroatoms. The molecule has 0 spiro atoms. The summed E-state index contributed by atoms with van der Waals surface area (Å²) in [5.74, 6) is 1.66. The molecular formula is C17H22N4O2. The van der Waals surface area contributed by atoms with E-state index in [2.05, 4.69) is 39.4 Å². The third-order valence-electron chi connectivity index (χ3n) is 4.23. The van der Waals surface area contributed by atoms with Crippen LogP contribution in [0.15, 0.2) is 28.8 Å². The number of carbonyl (C=O) groups is 1. The lowest BCUT2D eigenvalue weighted by Gasteiger charge is -2.32. The third-order valence-corrected chi connectivity index (χ3v) is 4.23. The van der Waals surface area contributed by atoms with Crippen LogP contribution in [0.2, 0.25) is 0 Å². The van der Waals surface area contributed by atoms with Crippen molar-refractivity contribution < 1.29 is 9.32 Å². The van der Waals surface area contributed by atoms with Crippen molar-refractivity contribution in [2.75, 3.05) is 18.0 Å². The Bertz CT molecular complexity index is 657. The average molecular weight is 314 g/mol. The highest BCUT2D eigenvalue weighted by atomic mass is 16.5. The van der Waals surface area contributed by atoms with Crippen LogP contribution in [0.1, 0.15) is 32.6 Å². The zero-order chi connectivity index (χ0) is 16.2. The fraction of sp³-hybridized carbons (Fsp3) is 0.471. The molecular weight excluding hydrogens is 292 g/mol. The minimum absolute atomic E-state index is 0.120. The van der Waals surface area contributed by atoms with E-state index in [9.17, 15) is 4.79 Å². The SMILES string of the molecule is CC(=O)NCc1nc(-c2ccc(N3CCC(C)CC3)cc2)no1. The molecule has 2 heterocycles. The number of hydrogen-bond acceptors (Lipinski definition) is 5. The summed E-state index contributed by atoms with van der Waals surface area (Å²) in [5.41, 5.74) is 2.15. The molecule has 1 saturated heterocycles. The maximum Gasteiger partial charge on any atom is 0.246 e. The van der Waals surface area contributed by atoms with Gasteiger partial charge in [-0.2, -0.15) is 4.98 Å². The fourth-order valence-corrected chi connectivity index (χ4v) is 2.73. The number of amides is 1. The van der Waals surface area contributed by atoms with E-state index in [0.29, 0.717) is 11.7 Å². The van der Waals surface area contributed by atoms with Crippen molar-refractivity contribution in [2.45, 2.75) is 33.2 Å². The topological polar surface area (TPSA) is 71.3 Å². The summed E-state index contributed by atoms with van der Waals surface area (Å²) in [7, 11) is 0. The molecule has 122 valence electrons. The van der Waals surface area contributed by atoms with Crippen molar-refractivity contribution in [3.05, 3.63) is 30.2 Å². The molecule has 1 N–H and O–H groups in total. The first-order chi connectivity index (χ1) is 11.1. The van der Waals surface area contributed by atoms with Crippen LogP contribution in [-0.4, -0.2) is 29.1 Å². The van der Waals surface area contributed by atoms with Crippen molar-refractivity contribution in [1.82, 2.24) is 15.5 Å². The predicted octanol–water partition coefficient (Wildman–Crippen LogP) is 2.61. The summed E-state index contributed by atoms with van der Waals surface area (Å²) >= 11 is 0. The molecule has 0 radical (unpaired) electrons. The molecule has 2 aromatic rings. The van der Waals surface area contributed by atoms with Gasteiger partial charge in [0.1, 0.15) is 0 Å². The predicted molar refractivity (Wildman–Crippen MR) is 87.9 cm³/mol. The first kappa shape index (κ1) is 15.5. The van der Waals surface area contributed by atoms with Crippen LogP contribution in [0.25, 0.3) is 11.4 Å². The average Bonchev–Trinajstić information content (AvgIpc) is 3.03. The van der Waals surface area contributed by atoms with Gasteiger partial charge in [-0.05, 0) is 43.0 Å². The van der Waals surface area contributed by atoms with Crippen molar-refractivity contribution in [2.24, 2.45) is 5.92 Å². The zero-order valence-electron chi connectivity index (χ0n) is 13.6. The Morgan fingerprint density at radius 1 is 1.30 bits per heavy atom. The number of piperidine rings is 1. The number of hydrogen-bond donors (Lipinski definition) is 1.